The van der Waals surface area contributed by atoms with Crippen LogP contribution in [0, 0.1) is 0 Å². The number of nitrogens with two attached hydrogens (primary N) is 1. The Morgan fingerprint density at radius 2 is 1.79 bits per heavy atom. The second-order valence-electron chi connectivity index (χ2n) is 5.63. The zero-order valence-corrected chi connectivity index (χ0v) is 13.8. The highest BCUT2D eigenvalue weighted by molar-refractivity contribution is 5.99. The van der Waals surface area contributed by atoms with Crippen LogP contribution in [-0.4, -0.2) is 26.0 Å². The van der Waals surface area contributed by atoms with E-state index in [0.717, 1.165) is 24.2 Å². The Morgan fingerprint density at radius 3 is 2.38 bits per heavy atom. The number of nitrogens with one attached hydrogen (secondary N) is 3. The lowest BCUT2D eigenvalue weighted by molar-refractivity contribution is 0.624. The Morgan fingerprint density at radius 1 is 1.08 bits per heavy atom. The third kappa shape index (κ3) is 3.75. The molecule has 1 atom stereocenters. The summed E-state index contributed by atoms with van der Waals surface area (Å²) in [6.45, 7) is 1.64. The van der Waals surface area contributed by atoms with Crippen LogP contribution in [0.4, 0.5) is 0 Å². The molecule has 3 rings (SSSR count). The van der Waals surface area contributed by atoms with Gasteiger partial charge in [0.2, 0.25) is 0 Å². The van der Waals surface area contributed by atoms with Crippen LogP contribution in [0.5, 0.6) is 0 Å². The van der Waals surface area contributed by atoms with E-state index in [1.165, 1.54) is 11.1 Å². The quantitative estimate of drug-likeness (QED) is 0.493. The molecule has 0 aliphatic carbocycles. The molecule has 2 aliphatic heterocycles. The van der Waals surface area contributed by atoms with E-state index in [-0.39, 0.29) is 6.17 Å². The lowest BCUT2D eigenvalue weighted by Gasteiger charge is -2.16. The molecular weight excluding hydrogens is 298 g/mol. The van der Waals surface area contributed by atoms with E-state index in [0.29, 0.717) is 5.84 Å². The van der Waals surface area contributed by atoms with Gasteiger partial charge in [-0.05, 0) is 48.3 Å². The van der Waals surface area contributed by atoms with Crippen molar-refractivity contribution in [3.8, 4) is 0 Å². The van der Waals surface area contributed by atoms with Crippen LogP contribution in [0.15, 0.2) is 71.5 Å². The van der Waals surface area contributed by atoms with Crippen molar-refractivity contribution in [3.05, 3.63) is 77.7 Å². The topological polar surface area (TPSA) is 74.5 Å². The molecule has 124 valence electrons. The SMILES string of the molecule is CNC(/N=C(\N)C1=CCNC=C1)c1ccc(C2=CCNC=C2)cc1. The van der Waals surface area contributed by atoms with Crippen LogP contribution in [-0.2, 0) is 0 Å². The van der Waals surface area contributed by atoms with Crippen molar-refractivity contribution in [2.24, 2.45) is 10.7 Å². The zero-order chi connectivity index (χ0) is 16.8. The average Bonchev–Trinajstić information content (AvgIpc) is 2.67. The Hall–Kier alpha value is -2.79. The molecule has 5 N–H and O–H groups in total. The largest absolute Gasteiger partial charge is 0.387 e. The molecule has 0 radical (unpaired) electrons. The van der Waals surface area contributed by atoms with E-state index >= 15 is 0 Å². The average molecular weight is 321 g/mol. The predicted octanol–water partition coefficient (Wildman–Crippen LogP) is 1.81. The summed E-state index contributed by atoms with van der Waals surface area (Å²) in [5.41, 5.74) is 10.6. The zero-order valence-electron chi connectivity index (χ0n) is 13.8. The van der Waals surface area contributed by atoms with Crippen molar-refractivity contribution in [1.29, 1.82) is 0 Å². The summed E-state index contributed by atoms with van der Waals surface area (Å²) in [5.74, 6) is 0.542. The molecule has 0 aromatic heterocycles. The van der Waals surface area contributed by atoms with Gasteiger partial charge in [0.15, 0.2) is 0 Å². The van der Waals surface area contributed by atoms with Gasteiger partial charge in [0.1, 0.15) is 12.0 Å². The molecule has 0 saturated carbocycles. The Bertz CT molecular complexity index is 723. The number of dihydropyridines is 2. The second-order valence-corrected chi connectivity index (χ2v) is 5.63. The molecule has 0 amide bonds. The molecule has 1 unspecified atom stereocenters. The van der Waals surface area contributed by atoms with Gasteiger partial charge in [-0.1, -0.05) is 36.4 Å². The third-order valence-electron chi connectivity index (χ3n) is 4.04. The van der Waals surface area contributed by atoms with Gasteiger partial charge in [-0.2, -0.15) is 0 Å². The smallest absolute Gasteiger partial charge is 0.127 e. The Labute approximate surface area is 142 Å². The molecule has 24 heavy (non-hydrogen) atoms. The number of allylic oxidation sites excluding steroid dienone is 2. The number of aliphatic imine (C=N–C) groups is 1. The Kier molecular flexibility index (Phi) is 5.13. The first-order valence-electron chi connectivity index (χ1n) is 8.09. The number of hydrogen-bond acceptors (Lipinski definition) is 4. The molecular formula is C19H23N5. The van der Waals surface area contributed by atoms with Crippen molar-refractivity contribution in [3.63, 3.8) is 0 Å². The first-order chi connectivity index (χ1) is 11.8. The number of hydrogen-bond donors (Lipinski definition) is 4. The standard InChI is InChI=1S/C19H23N5/c1-21-19(24-18(20)16-8-12-23-13-9-16)17-4-2-14(3-5-17)15-6-10-22-11-7-15/h2-10,12,19,21-23H,11,13H2,1H3,(H2,20,24). The molecule has 0 saturated heterocycles. The molecule has 1 aromatic rings. The van der Waals surface area contributed by atoms with Gasteiger partial charge in [-0.15, -0.1) is 0 Å². The molecule has 0 bridgehead atoms. The van der Waals surface area contributed by atoms with Crippen LogP contribution in [0.25, 0.3) is 5.57 Å². The maximum Gasteiger partial charge on any atom is 0.127 e. The fraction of sp³-hybridized carbons (Fsp3) is 0.211. The number of amidine groups is 1. The van der Waals surface area contributed by atoms with Crippen molar-refractivity contribution < 1.29 is 0 Å². The second kappa shape index (κ2) is 7.66. The summed E-state index contributed by atoms with van der Waals surface area (Å²) in [4.78, 5) is 4.63. The van der Waals surface area contributed by atoms with Crippen molar-refractivity contribution >= 4 is 11.4 Å². The number of benzene rings is 1. The minimum absolute atomic E-state index is 0.166. The summed E-state index contributed by atoms with van der Waals surface area (Å²) in [5, 5.41) is 9.48. The summed E-state index contributed by atoms with van der Waals surface area (Å²) >= 11 is 0. The fourth-order valence-electron chi connectivity index (χ4n) is 2.69. The van der Waals surface area contributed by atoms with Gasteiger partial charge in [0.25, 0.3) is 0 Å². The maximum atomic E-state index is 6.15. The normalized spacial score (nSPS) is 18.3. The van der Waals surface area contributed by atoms with Crippen molar-refractivity contribution in [2.45, 2.75) is 6.17 Å². The highest BCUT2D eigenvalue weighted by Crippen LogP contribution is 2.21. The molecule has 5 heteroatoms. The number of nitrogens with zero attached hydrogens (tertiary/aromatic N) is 1. The highest BCUT2D eigenvalue weighted by atomic mass is 15.1. The third-order valence-corrected chi connectivity index (χ3v) is 4.04. The molecule has 0 spiro atoms. The monoisotopic (exact) mass is 321 g/mol. The molecule has 1 aromatic carbocycles. The first-order valence-corrected chi connectivity index (χ1v) is 8.09. The minimum Gasteiger partial charge on any atom is -0.387 e. The van der Waals surface area contributed by atoms with Crippen LogP contribution in [0.3, 0.4) is 0 Å². The summed E-state index contributed by atoms with van der Waals surface area (Å²) < 4.78 is 0. The summed E-state index contributed by atoms with van der Waals surface area (Å²) in [6.07, 6.45) is 11.9. The lowest BCUT2D eigenvalue weighted by Crippen LogP contribution is -2.23. The van der Waals surface area contributed by atoms with E-state index in [4.69, 9.17) is 5.73 Å². The van der Waals surface area contributed by atoms with Gasteiger partial charge >= 0.3 is 0 Å². The van der Waals surface area contributed by atoms with E-state index in [1.54, 1.807) is 0 Å². The molecule has 5 nitrogen and oxygen atoms in total. The van der Waals surface area contributed by atoms with Crippen LogP contribution in [0.2, 0.25) is 0 Å². The predicted molar refractivity (Wildman–Crippen MR) is 100 cm³/mol. The van der Waals surface area contributed by atoms with Crippen LogP contribution in [0.1, 0.15) is 17.3 Å². The minimum atomic E-state index is -0.166. The van der Waals surface area contributed by atoms with Crippen molar-refractivity contribution in [1.82, 2.24) is 16.0 Å². The van der Waals surface area contributed by atoms with Gasteiger partial charge in [-0.3, -0.25) is 5.32 Å². The van der Waals surface area contributed by atoms with Crippen molar-refractivity contribution in [2.75, 3.05) is 20.1 Å². The Balaban J connectivity index is 1.78. The first kappa shape index (κ1) is 16.1. The molecule has 2 heterocycles. The van der Waals surface area contributed by atoms with E-state index in [2.05, 4.69) is 57.4 Å². The summed E-state index contributed by atoms with van der Waals surface area (Å²) in [7, 11) is 1.89. The maximum absolute atomic E-state index is 6.15. The highest BCUT2D eigenvalue weighted by Gasteiger charge is 2.11. The molecule has 2 aliphatic rings. The van der Waals surface area contributed by atoms with Crippen LogP contribution < -0.4 is 21.7 Å². The van der Waals surface area contributed by atoms with Crippen LogP contribution >= 0.6 is 0 Å². The fourth-order valence-corrected chi connectivity index (χ4v) is 2.69. The lowest BCUT2D eigenvalue weighted by atomic mass is 10.0. The number of rotatable bonds is 5. The van der Waals surface area contributed by atoms with Gasteiger partial charge in [-0.25, -0.2) is 4.99 Å². The summed E-state index contributed by atoms with van der Waals surface area (Å²) in [6, 6.07) is 8.43. The van der Waals surface area contributed by atoms with Gasteiger partial charge in [0.05, 0.1) is 0 Å². The van der Waals surface area contributed by atoms with Gasteiger partial charge in [0, 0.05) is 18.7 Å². The van der Waals surface area contributed by atoms with Gasteiger partial charge < -0.3 is 16.4 Å². The van der Waals surface area contributed by atoms with E-state index < -0.39 is 0 Å². The van der Waals surface area contributed by atoms with E-state index in [9.17, 15) is 0 Å². The molecule has 0 fully saturated rings. The van der Waals surface area contributed by atoms with E-state index in [1.807, 2.05) is 31.6 Å².